The van der Waals surface area contributed by atoms with Gasteiger partial charge in [-0.15, -0.1) is 24.0 Å². The quantitative estimate of drug-likeness (QED) is 0.378. The van der Waals surface area contributed by atoms with Crippen molar-refractivity contribution in [2.45, 2.75) is 39.8 Å². The van der Waals surface area contributed by atoms with Gasteiger partial charge in [0.05, 0.1) is 6.54 Å². The Morgan fingerprint density at radius 1 is 1.27 bits per heavy atom. The number of guanidine groups is 1. The highest BCUT2D eigenvalue weighted by atomic mass is 127. The molecule has 0 bridgehead atoms. The minimum Gasteiger partial charge on any atom is -0.357 e. The zero-order valence-corrected chi connectivity index (χ0v) is 18.6. The molecule has 0 spiro atoms. The molecular formula is C19H33IN6. The molecule has 6 nitrogen and oxygen atoms in total. The number of rotatable bonds is 6. The van der Waals surface area contributed by atoms with Crippen molar-refractivity contribution in [2.24, 2.45) is 10.9 Å². The number of hydrogen-bond acceptors (Lipinski definition) is 4. The molecule has 26 heavy (non-hydrogen) atoms. The number of nitrogens with zero attached hydrogens (tertiary/aromatic N) is 4. The lowest BCUT2D eigenvalue weighted by molar-refractivity contribution is 0.270. The Balaban J connectivity index is 0.00000243. The lowest BCUT2D eigenvalue weighted by Crippen LogP contribution is -2.46. The van der Waals surface area contributed by atoms with Crippen molar-refractivity contribution >= 4 is 35.8 Å². The molecule has 1 saturated carbocycles. The highest BCUT2D eigenvalue weighted by molar-refractivity contribution is 14.0. The molecule has 1 aromatic rings. The summed E-state index contributed by atoms with van der Waals surface area (Å²) < 4.78 is 0. The fourth-order valence-corrected chi connectivity index (χ4v) is 3.21. The Bertz CT molecular complexity index is 585. The smallest absolute Gasteiger partial charge is 0.191 e. The van der Waals surface area contributed by atoms with Crippen LogP contribution in [0.25, 0.3) is 0 Å². The van der Waals surface area contributed by atoms with Gasteiger partial charge < -0.3 is 20.4 Å². The van der Waals surface area contributed by atoms with Crippen molar-refractivity contribution in [3.8, 4) is 0 Å². The number of nitrogens with one attached hydrogen (secondary N) is 2. The maximum Gasteiger partial charge on any atom is 0.191 e. The van der Waals surface area contributed by atoms with Gasteiger partial charge in [-0.1, -0.05) is 13.8 Å². The molecule has 1 aliphatic carbocycles. The fourth-order valence-electron chi connectivity index (χ4n) is 3.21. The van der Waals surface area contributed by atoms with Crippen molar-refractivity contribution in [1.29, 1.82) is 0 Å². The van der Waals surface area contributed by atoms with Crippen molar-refractivity contribution in [3.63, 3.8) is 0 Å². The van der Waals surface area contributed by atoms with Gasteiger partial charge in [0.2, 0.25) is 0 Å². The van der Waals surface area contributed by atoms with Crippen LogP contribution in [0.4, 0.5) is 5.82 Å². The average Bonchev–Trinajstić information content (AvgIpc) is 3.35. The van der Waals surface area contributed by atoms with Crippen LogP contribution < -0.4 is 15.5 Å². The van der Waals surface area contributed by atoms with Gasteiger partial charge in [-0.2, -0.15) is 0 Å². The highest BCUT2D eigenvalue weighted by Crippen LogP contribution is 2.28. The molecule has 2 N–H and O–H groups in total. The molecule has 2 unspecified atom stereocenters. The highest BCUT2D eigenvalue weighted by Gasteiger charge is 2.33. The Hall–Kier alpha value is -1.09. The number of aromatic nitrogens is 1. The maximum atomic E-state index is 4.75. The molecule has 2 aliphatic rings. The van der Waals surface area contributed by atoms with Gasteiger partial charge in [0.15, 0.2) is 5.96 Å². The molecule has 3 rings (SSSR count). The summed E-state index contributed by atoms with van der Waals surface area (Å²) in [6.45, 7) is 13.7. The summed E-state index contributed by atoms with van der Waals surface area (Å²) in [5, 5.41) is 6.85. The number of aliphatic imine (C=N–C) groups is 1. The third-order valence-electron chi connectivity index (χ3n) is 5.15. The van der Waals surface area contributed by atoms with Crippen LogP contribution in [-0.4, -0.2) is 61.2 Å². The normalized spacial score (nSPS) is 23.3. The van der Waals surface area contributed by atoms with Gasteiger partial charge in [0.25, 0.3) is 0 Å². The zero-order chi connectivity index (χ0) is 17.6. The van der Waals surface area contributed by atoms with Gasteiger partial charge in [-0.25, -0.2) is 9.98 Å². The topological polar surface area (TPSA) is 55.8 Å². The first-order valence-electron chi connectivity index (χ1n) is 9.66. The van der Waals surface area contributed by atoms with E-state index in [1.165, 1.54) is 12.0 Å². The summed E-state index contributed by atoms with van der Waals surface area (Å²) in [7, 11) is 0. The molecular weight excluding hydrogens is 439 g/mol. The monoisotopic (exact) mass is 472 g/mol. The number of piperazine rings is 1. The third kappa shape index (κ3) is 5.97. The number of hydrogen-bond donors (Lipinski definition) is 2. The van der Waals surface area contributed by atoms with Crippen molar-refractivity contribution in [3.05, 3.63) is 23.9 Å². The maximum absolute atomic E-state index is 4.75. The van der Waals surface area contributed by atoms with Crippen molar-refractivity contribution < 1.29 is 0 Å². The van der Waals surface area contributed by atoms with Crippen molar-refractivity contribution in [1.82, 2.24) is 20.5 Å². The van der Waals surface area contributed by atoms with Gasteiger partial charge in [-0.3, -0.25) is 0 Å². The second kappa shape index (κ2) is 10.3. The lowest BCUT2D eigenvalue weighted by Gasteiger charge is -2.34. The Morgan fingerprint density at radius 3 is 2.62 bits per heavy atom. The summed E-state index contributed by atoms with van der Waals surface area (Å²) >= 11 is 0. The standard InChI is InChI=1S/C19H32N6.HI/c1-4-20-19(23-17-12-15(17)3)22-14-16-6-7-21-18(13-16)25-10-8-24(5-2)9-11-25;/h6-7,13,15,17H,4-5,8-12,14H2,1-3H3,(H2,20,22,23);1H. The molecule has 7 heteroatoms. The van der Waals surface area contributed by atoms with Crippen LogP contribution in [0.1, 0.15) is 32.8 Å². The molecule has 1 aromatic heterocycles. The number of anilines is 1. The van der Waals surface area contributed by atoms with Crippen molar-refractivity contribution in [2.75, 3.05) is 44.2 Å². The minimum atomic E-state index is 0. The van der Waals surface area contributed by atoms with Crippen LogP contribution in [-0.2, 0) is 6.54 Å². The largest absolute Gasteiger partial charge is 0.357 e. The molecule has 2 heterocycles. The van der Waals surface area contributed by atoms with Crippen LogP contribution in [0.5, 0.6) is 0 Å². The molecule has 2 fully saturated rings. The van der Waals surface area contributed by atoms with Crippen LogP contribution in [0.2, 0.25) is 0 Å². The molecule has 0 aromatic carbocycles. The van der Waals surface area contributed by atoms with E-state index in [1.54, 1.807) is 0 Å². The van der Waals surface area contributed by atoms with E-state index in [9.17, 15) is 0 Å². The first kappa shape index (κ1) is 21.2. The van der Waals surface area contributed by atoms with E-state index < -0.39 is 0 Å². The van der Waals surface area contributed by atoms with E-state index in [1.807, 2.05) is 6.20 Å². The predicted molar refractivity (Wildman–Crippen MR) is 119 cm³/mol. The fraction of sp³-hybridized carbons (Fsp3) is 0.684. The summed E-state index contributed by atoms with van der Waals surface area (Å²) in [6, 6.07) is 4.84. The minimum absolute atomic E-state index is 0. The van der Waals surface area contributed by atoms with Crippen LogP contribution in [0.3, 0.4) is 0 Å². The third-order valence-corrected chi connectivity index (χ3v) is 5.15. The van der Waals surface area contributed by atoms with E-state index in [4.69, 9.17) is 4.99 Å². The van der Waals surface area contributed by atoms with Gasteiger partial charge >= 0.3 is 0 Å². The van der Waals surface area contributed by atoms with Crippen LogP contribution in [0, 0.1) is 5.92 Å². The van der Waals surface area contributed by atoms with E-state index >= 15 is 0 Å². The van der Waals surface area contributed by atoms with E-state index in [-0.39, 0.29) is 24.0 Å². The summed E-state index contributed by atoms with van der Waals surface area (Å²) in [5.74, 6) is 2.77. The number of halogens is 1. The molecule has 1 saturated heterocycles. The Kier molecular flexibility index (Phi) is 8.40. The average molecular weight is 472 g/mol. The SMILES string of the molecule is CCNC(=NCc1ccnc(N2CCN(CC)CC2)c1)NC1CC1C.I. The van der Waals surface area contributed by atoms with E-state index in [0.717, 1.165) is 57.0 Å². The molecule has 0 amide bonds. The van der Waals surface area contributed by atoms with Gasteiger partial charge in [-0.05, 0) is 43.5 Å². The lowest BCUT2D eigenvalue weighted by atomic mass is 10.2. The molecule has 146 valence electrons. The first-order valence-corrected chi connectivity index (χ1v) is 9.66. The molecule has 2 atom stereocenters. The number of pyridine rings is 1. The first-order chi connectivity index (χ1) is 12.2. The second-order valence-electron chi connectivity index (χ2n) is 7.10. The van der Waals surface area contributed by atoms with Gasteiger partial charge in [0.1, 0.15) is 5.82 Å². The van der Waals surface area contributed by atoms with Crippen LogP contribution >= 0.6 is 24.0 Å². The predicted octanol–water partition coefficient (Wildman–Crippen LogP) is 2.31. The molecule has 0 radical (unpaired) electrons. The summed E-state index contributed by atoms with van der Waals surface area (Å²) in [5.41, 5.74) is 1.21. The Labute approximate surface area is 174 Å². The summed E-state index contributed by atoms with van der Waals surface area (Å²) in [4.78, 5) is 14.2. The van der Waals surface area contributed by atoms with Crippen LogP contribution in [0.15, 0.2) is 23.3 Å². The zero-order valence-electron chi connectivity index (χ0n) is 16.2. The van der Waals surface area contributed by atoms with E-state index in [0.29, 0.717) is 12.6 Å². The number of likely N-dealkylation sites (N-methyl/N-ethyl adjacent to an activating group) is 1. The molecule has 1 aliphatic heterocycles. The second-order valence-corrected chi connectivity index (χ2v) is 7.10. The summed E-state index contributed by atoms with van der Waals surface area (Å²) in [6.07, 6.45) is 3.16. The van der Waals surface area contributed by atoms with E-state index in [2.05, 4.69) is 58.3 Å². The Morgan fingerprint density at radius 2 is 2.00 bits per heavy atom. The van der Waals surface area contributed by atoms with Gasteiger partial charge in [0, 0.05) is 45.0 Å².